The first kappa shape index (κ1) is 13.2. The summed E-state index contributed by atoms with van der Waals surface area (Å²) in [7, 11) is 1.14. The fourth-order valence-electron chi connectivity index (χ4n) is 1.12. The van der Waals surface area contributed by atoms with Gasteiger partial charge in [0.1, 0.15) is 6.07 Å². The van der Waals surface area contributed by atoms with Crippen LogP contribution in [0.1, 0.15) is 15.9 Å². The molecule has 0 fully saturated rings. The molecule has 1 aromatic carbocycles. The molecule has 0 aliphatic heterocycles. The average molecular weight is 262 g/mol. The van der Waals surface area contributed by atoms with E-state index in [1.165, 1.54) is 0 Å². The molecule has 0 aliphatic carbocycles. The summed E-state index contributed by atoms with van der Waals surface area (Å²) >= 11 is 5.64. The minimum absolute atomic E-state index is 0.0179. The molecule has 7 heteroatoms. The SMILES string of the molecule is COC(=O)c1cc(Cl)c(OC(F)F)c(C#N)c1. The van der Waals surface area contributed by atoms with E-state index in [0.29, 0.717) is 0 Å². The van der Waals surface area contributed by atoms with E-state index in [9.17, 15) is 13.6 Å². The number of alkyl halides is 2. The van der Waals surface area contributed by atoms with Crippen molar-refractivity contribution in [3.8, 4) is 11.8 Å². The lowest BCUT2D eigenvalue weighted by Gasteiger charge is -2.09. The van der Waals surface area contributed by atoms with Crippen molar-refractivity contribution in [3.05, 3.63) is 28.3 Å². The van der Waals surface area contributed by atoms with Gasteiger partial charge < -0.3 is 9.47 Å². The van der Waals surface area contributed by atoms with Crippen molar-refractivity contribution in [2.24, 2.45) is 0 Å². The van der Waals surface area contributed by atoms with Crippen LogP contribution in [0.15, 0.2) is 12.1 Å². The van der Waals surface area contributed by atoms with Gasteiger partial charge in [-0.05, 0) is 12.1 Å². The van der Waals surface area contributed by atoms with E-state index in [2.05, 4.69) is 9.47 Å². The summed E-state index contributed by atoms with van der Waals surface area (Å²) in [4.78, 5) is 11.2. The summed E-state index contributed by atoms with van der Waals surface area (Å²) in [6.07, 6.45) is 0. The van der Waals surface area contributed by atoms with Gasteiger partial charge in [0.25, 0.3) is 0 Å². The number of hydrogen-bond acceptors (Lipinski definition) is 4. The number of methoxy groups -OCH3 is 1. The number of rotatable bonds is 3. The van der Waals surface area contributed by atoms with Crippen LogP contribution in [0.25, 0.3) is 0 Å². The average Bonchev–Trinajstić information content (AvgIpc) is 2.29. The molecular weight excluding hydrogens is 256 g/mol. The van der Waals surface area contributed by atoms with E-state index < -0.39 is 18.3 Å². The fraction of sp³-hybridized carbons (Fsp3) is 0.200. The zero-order valence-corrected chi connectivity index (χ0v) is 9.29. The summed E-state index contributed by atoms with van der Waals surface area (Å²) < 4.78 is 32.6. The highest BCUT2D eigenvalue weighted by atomic mass is 35.5. The fourth-order valence-corrected chi connectivity index (χ4v) is 1.38. The molecule has 0 aromatic heterocycles. The first-order valence-electron chi connectivity index (χ1n) is 4.26. The van der Waals surface area contributed by atoms with Gasteiger partial charge in [0.05, 0.1) is 23.3 Å². The number of carbonyl (C=O) groups is 1. The van der Waals surface area contributed by atoms with Crippen LogP contribution in [0.5, 0.6) is 5.75 Å². The minimum atomic E-state index is -3.11. The Morgan fingerprint density at radius 3 is 2.65 bits per heavy atom. The van der Waals surface area contributed by atoms with E-state index in [4.69, 9.17) is 16.9 Å². The highest BCUT2D eigenvalue weighted by Crippen LogP contribution is 2.31. The van der Waals surface area contributed by atoms with Crippen LogP contribution in [-0.2, 0) is 4.74 Å². The Kier molecular flexibility index (Phi) is 4.24. The molecule has 0 heterocycles. The Hall–Kier alpha value is -1.87. The van der Waals surface area contributed by atoms with Gasteiger partial charge in [-0.1, -0.05) is 11.6 Å². The minimum Gasteiger partial charge on any atom is -0.465 e. The van der Waals surface area contributed by atoms with Crippen LogP contribution in [-0.4, -0.2) is 19.7 Å². The maximum atomic E-state index is 12.1. The van der Waals surface area contributed by atoms with Crippen LogP contribution < -0.4 is 4.74 Å². The smallest absolute Gasteiger partial charge is 0.387 e. The molecule has 4 nitrogen and oxygen atoms in total. The van der Waals surface area contributed by atoms with E-state index in [-0.39, 0.29) is 16.1 Å². The first-order chi connectivity index (χ1) is 7.99. The monoisotopic (exact) mass is 261 g/mol. The molecular formula is C10H6ClF2NO3. The third-order valence-corrected chi connectivity index (χ3v) is 2.07. The number of nitriles is 1. The normalized spacial score (nSPS) is 9.88. The second-order valence-corrected chi connectivity index (χ2v) is 3.22. The zero-order chi connectivity index (χ0) is 13.0. The third-order valence-electron chi connectivity index (χ3n) is 1.79. The van der Waals surface area contributed by atoms with Crippen LogP contribution in [0.2, 0.25) is 5.02 Å². The number of halogens is 3. The number of carbonyl (C=O) groups excluding carboxylic acids is 1. The van der Waals surface area contributed by atoms with Crippen molar-refractivity contribution in [1.29, 1.82) is 5.26 Å². The van der Waals surface area contributed by atoms with Crippen molar-refractivity contribution < 1.29 is 23.0 Å². The molecule has 0 spiro atoms. The number of hydrogen-bond donors (Lipinski definition) is 0. The molecule has 1 rings (SSSR count). The lowest BCUT2D eigenvalue weighted by Crippen LogP contribution is -2.07. The molecule has 0 bridgehead atoms. The third kappa shape index (κ3) is 3.04. The van der Waals surface area contributed by atoms with Gasteiger partial charge in [-0.15, -0.1) is 0 Å². The topological polar surface area (TPSA) is 59.3 Å². The summed E-state index contributed by atoms with van der Waals surface area (Å²) in [5, 5.41) is 8.49. The highest BCUT2D eigenvalue weighted by molar-refractivity contribution is 6.32. The zero-order valence-electron chi connectivity index (χ0n) is 8.54. The lowest BCUT2D eigenvalue weighted by molar-refractivity contribution is -0.0499. The Morgan fingerprint density at radius 1 is 1.53 bits per heavy atom. The second-order valence-electron chi connectivity index (χ2n) is 2.82. The van der Waals surface area contributed by atoms with Crippen molar-refractivity contribution >= 4 is 17.6 Å². The number of benzene rings is 1. The van der Waals surface area contributed by atoms with Crippen molar-refractivity contribution in [3.63, 3.8) is 0 Å². The van der Waals surface area contributed by atoms with E-state index in [0.717, 1.165) is 19.2 Å². The molecule has 0 unspecified atom stereocenters. The lowest BCUT2D eigenvalue weighted by atomic mass is 10.1. The van der Waals surface area contributed by atoms with E-state index in [1.807, 2.05) is 0 Å². The summed E-state index contributed by atoms with van der Waals surface area (Å²) in [6, 6.07) is 3.76. The van der Waals surface area contributed by atoms with Gasteiger partial charge in [0.2, 0.25) is 0 Å². The van der Waals surface area contributed by atoms with Crippen molar-refractivity contribution in [1.82, 2.24) is 0 Å². The molecule has 0 aliphatic rings. The largest absolute Gasteiger partial charge is 0.465 e. The van der Waals surface area contributed by atoms with Gasteiger partial charge in [-0.25, -0.2) is 4.79 Å². The van der Waals surface area contributed by atoms with Crippen molar-refractivity contribution in [2.75, 3.05) is 7.11 Å². The molecule has 17 heavy (non-hydrogen) atoms. The van der Waals surface area contributed by atoms with Crippen molar-refractivity contribution in [2.45, 2.75) is 6.61 Å². The predicted molar refractivity (Wildman–Crippen MR) is 54.1 cm³/mol. The van der Waals surface area contributed by atoms with Crippen LogP contribution in [0.4, 0.5) is 8.78 Å². The number of esters is 1. The maximum Gasteiger partial charge on any atom is 0.387 e. The Morgan fingerprint density at radius 2 is 2.18 bits per heavy atom. The van der Waals surface area contributed by atoms with Gasteiger partial charge in [0, 0.05) is 0 Å². The summed E-state index contributed by atoms with van der Waals surface area (Å²) in [5.41, 5.74) is -0.283. The molecule has 0 saturated carbocycles. The molecule has 0 amide bonds. The molecule has 1 aromatic rings. The van der Waals surface area contributed by atoms with Gasteiger partial charge in [-0.3, -0.25) is 0 Å². The number of ether oxygens (including phenoxy) is 2. The standard InChI is InChI=1S/C10H6ClF2NO3/c1-16-9(15)5-2-6(4-14)8(7(11)3-5)17-10(12)13/h2-3,10H,1H3. The molecule has 0 radical (unpaired) electrons. The second kappa shape index (κ2) is 5.46. The summed E-state index contributed by atoms with van der Waals surface area (Å²) in [5.74, 6) is -1.19. The van der Waals surface area contributed by atoms with Gasteiger partial charge >= 0.3 is 12.6 Å². The molecule has 0 N–H and O–H groups in total. The first-order valence-corrected chi connectivity index (χ1v) is 4.64. The van der Waals surface area contributed by atoms with E-state index in [1.54, 1.807) is 6.07 Å². The Balaban J connectivity index is 3.27. The Bertz CT molecular complexity index is 485. The van der Waals surface area contributed by atoms with E-state index >= 15 is 0 Å². The quantitative estimate of drug-likeness (QED) is 0.785. The molecule has 0 atom stereocenters. The predicted octanol–water partition coefficient (Wildman–Crippen LogP) is 2.60. The summed E-state index contributed by atoms with van der Waals surface area (Å²) in [6.45, 7) is -3.11. The Labute approximate surface area is 100 Å². The molecule has 90 valence electrons. The van der Waals surface area contributed by atoms with Crippen LogP contribution in [0.3, 0.4) is 0 Å². The molecule has 0 saturated heterocycles. The van der Waals surface area contributed by atoms with Gasteiger partial charge in [-0.2, -0.15) is 14.0 Å². The van der Waals surface area contributed by atoms with Crippen LogP contribution >= 0.6 is 11.6 Å². The maximum absolute atomic E-state index is 12.1. The van der Waals surface area contributed by atoms with Crippen LogP contribution in [0, 0.1) is 11.3 Å². The highest BCUT2D eigenvalue weighted by Gasteiger charge is 2.18. The van der Waals surface area contributed by atoms with Gasteiger partial charge in [0.15, 0.2) is 5.75 Å². The number of nitrogens with zero attached hydrogens (tertiary/aromatic N) is 1.